The molecule has 0 aliphatic heterocycles. The summed E-state index contributed by atoms with van der Waals surface area (Å²) >= 11 is 18.8. The van der Waals surface area contributed by atoms with Crippen LogP contribution in [-0.4, -0.2) is 22.5 Å². The Labute approximate surface area is 194 Å². The van der Waals surface area contributed by atoms with Gasteiger partial charge in [0.1, 0.15) is 5.82 Å². The number of nitrogens with zero attached hydrogens (tertiary/aromatic N) is 1. The fraction of sp³-hybridized carbons (Fsp3) is 0.130. The third-order valence-corrected chi connectivity index (χ3v) is 6.37. The van der Waals surface area contributed by atoms with Crippen LogP contribution >= 0.6 is 34.8 Å². The van der Waals surface area contributed by atoms with Gasteiger partial charge in [0.15, 0.2) is 12.4 Å². The van der Waals surface area contributed by atoms with Gasteiger partial charge in [-0.05, 0) is 61.4 Å². The van der Waals surface area contributed by atoms with Crippen LogP contribution in [-0.2, 0) is 4.79 Å². The minimum absolute atomic E-state index is 0.245. The molecule has 1 amide bonds. The molecule has 31 heavy (non-hydrogen) atoms. The summed E-state index contributed by atoms with van der Waals surface area (Å²) in [7, 11) is 0. The Kier molecular flexibility index (Phi) is 6.10. The van der Waals surface area contributed by atoms with Crippen molar-refractivity contribution in [3.05, 3.63) is 74.7 Å². The van der Waals surface area contributed by atoms with Gasteiger partial charge in [0.25, 0.3) is 5.91 Å². The number of ether oxygens (including phenoxy) is 1. The molecule has 2 N–H and O–H groups in total. The topological polar surface area (TPSA) is 67.0 Å². The van der Waals surface area contributed by atoms with Gasteiger partial charge >= 0.3 is 0 Å². The Hall–Kier alpha value is -2.73. The zero-order chi connectivity index (χ0) is 22.1. The van der Waals surface area contributed by atoms with Crippen LogP contribution in [0.25, 0.3) is 22.4 Å². The summed E-state index contributed by atoms with van der Waals surface area (Å²) in [4.78, 5) is 20.2. The van der Waals surface area contributed by atoms with Crippen molar-refractivity contribution in [3.8, 4) is 17.1 Å². The Morgan fingerprint density at radius 3 is 2.26 bits per heavy atom. The Balaban J connectivity index is 1.43. The van der Waals surface area contributed by atoms with E-state index in [4.69, 9.17) is 39.5 Å². The van der Waals surface area contributed by atoms with Crippen molar-refractivity contribution in [1.82, 2.24) is 9.97 Å². The molecule has 8 heteroatoms. The molecule has 158 valence electrons. The molecule has 0 spiro atoms. The van der Waals surface area contributed by atoms with E-state index in [1.807, 2.05) is 36.4 Å². The number of halogens is 3. The van der Waals surface area contributed by atoms with E-state index in [9.17, 15) is 4.79 Å². The lowest BCUT2D eigenvalue weighted by Crippen LogP contribution is -2.20. The van der Waals surface area contributed by atoms with Gasteiger partial charge in [-0.1, -0.05) is 46.9 Å². The number of carbonyl (C=O) groups is 1. The molecule has 5 nitrogen and oxygen atoms in total. The van der Waals surface area contributed by atoms with Crippen LogP contribution < -0.4 is 10.1 Å². The quantitative estimate of drug-likeness (QED) is 0.333. The first kappa shape index (κ1) is 21.5. The smallest absolute Gasteiger partial charge is 0.262 e. The monoisotopic (exact) mass is 473 g/mol. The molecule has 0 radical (unpaired) electrons. The van der Waals surface area contributed by atoms with Gasteiger partial charge in [-0.2, -0.15) is 0 Å². The minimum atomic E-state index is -0.339. The number of H-pyrrole nitrogens is 1. The van der Waals surface area contributed by atoms with E-state index in [1.165, 1.54) is 0 Å². The number of para-hydroxylation sites is 2. The number of imidazole rings is 1. The molecule has 1 aromatic heterocycles. The normalized spacial score (nSPS) is 11.0. The molecule has 4 aromatic rings. The summed E-state index contributed by atoms with van der Waals surface area (Å²) in [6.07, 6.45) is 0. The van der Waals surface area contributed by atoms with Gasteiger partial charge in [-0.3, -0.25) is 4.79 Å². The number of benzene rings is 3. The van der Waals surface area contributed by atoms with Gasteiger partial charge in [0.2, 0.25) is 0 Å². The number of rotatable bonds is 5. The molecule has 4 rings (SSSR count). The number of hydrogen-bond acceptors (Lipinski definition) is 3. The van der Waals surface area contributed by atoms with Gasteiger partial charge in [-0.15, -0.1) is 0 Å². The number of hydrogen-bond donors (Lipinski definition) is 2. The molecule has 0 bridgehead atoms. The zero-order valence-corrected chi connectivity index (χ0v) is 19.0. The van der Waals surface area contributed by atoms with Crippen LogP contribution in [0.2, 0.25) is 15.1 Å². The second-order valence-electron chi connectivity index (χ2n) is 7.04. The van der Waals surface area contributed by atoms with Crippen molar-refractivity contribution in [2.45, 2.75) is 13.8 Å². The standard InChI is InChI=1S/C23H18Cl3N3O2/c1-12-19(24)13(2)21(26)22(20(12)25)31-11-18(30)27-15-9-7-14(8-10-15)23-28-16-5-3-4-6-17(16)29-23/h3-10H,11H2,1-2H3,(H,27,30)(H,28,29). The Bertz CT molecular complexity index is 1220. The van der Waals surface area contributed by atoms with Crippen molar-refractivity contribution in [3.63, 3.8) is 0 Å². The molecule has 0 atom stereocenters. The maximum atomic E-state index is 12.4. The number of nitrogens with one attached hydrogen (secondary N) is 2. The predicted molar refractivity (Wildman–Crippen MR) is 127 cm³/mol. The second-order valence-corrected chi connectivity index (χ2v) is 8.17. The summed E-state index contributed by atoms with van der Waals surface area (Å²) in [5, 5.41) is 3.86. The van der Waals surface area contributed by atoms with E-state index in [-0.39, 0.29) is 18.3 Å². The molecule has 3 aromatic carbocycles. The highest BCUT2D eigenvalue weighted by atomic mass is 35.5. The van der Waals surface area contributed by atoms with E-state index in [0.29, 0.717) is 31.9 Å². The SMILES string of the molecule is Cc1c(Cl)c(C)c(Cl)c(OCC(=O)Nc2ccc(-c3nc4ccccc4[nH]3)cc2)c1Cl. The van der Waals surface area contributed by atoms with Crippen LogP contribution in [0.1, 0.15) is 11.1 Å². The lowest BCUT2D eigenvalue weighted by molar-refractivity contribution is -0.118. The van der Waals surface area contributed by atoms with Crippen molar-refractivity contribution in [2.75, 3.05) is 11.9 Å². The fourth-order valence-electron chi connectivity index (χ4n) is 3.17. The van der Waals surface area contributed by atoms with Gasteiger partial charge < -0.3 is 15.0 Å². The molecule has 1 heterocycles. The summed E-state index contributed by atoms with van der Waals surface area (Å²) in [5.41, 5.74) is 4.72. The number of anilines is 1. The van der Waals surface area contributed by atoms with E-state index >= 15 is 0 Å². The third kappa shape index (κ3) is 4.35. The highest BCUT2D eigenvalue weighted by Gasteiger charge is 2.18. The molecular formula is C23H18Cl3N3O2. The van der Waals surface area contributed by atoms with Crippen LogP contribution in [0.3, 0.4) is 0 Å². The number of amides is 1. The van der Waals surface area contributed by atoms with Crippen molar-refractivity contribution < 1.29 is 9.53 Å². The summed E-state index contributed by atoms with van der Waals surface area (Å²) in [5.74, 6) is 0.673. The maximum absolute atomic E-state index is 12.4. The molecule has 0 saturated carbocycles. The summed E-state index contributed by atoms with van der Waals surface area (Å²) < 4.78 is 5.60. The molecule has 0 aliphatic rings. The zero-order valence-electron chi connectivity index (χ0n) is 16.7. The average molecular weight is 475 g/mol. The fourth-order valence-corrected chi connectivity index (χ4v) is 3.99. The minimum Gasteiger partial charge on any atom is -0.481 e. The predicted octanol–water partition coefficient (Wildman–Crippen LogP) is 6.82. The number of carbonyl (C=O) groups excluding carboxylic acids is 1. The Morgan fingerprint density at radius 1 is 0.968 bits per heavy atom. The summed E-state index contributed by atoms with van der Waals surface area (Å²) in [6, 6.07) is 15.2. The van der Waals surface area contributed by atoms with Crippen LogP contribution in [0.15, 0.2) is 48.5 Å². The summed E-state index contributed by atoms with van der Waals surface area (Å²) in [6.45, 7) is 3.29. The van der Waals surface area contributed by atoms with Gasteiger partial charge in [0, 0.05) is 16.3 Å². The van der Waals surface area contributed by atoms with Gasteiger partial charge in [0.05, 0.1) is 21.1 Å². The first-order valence-electron chi connectivity index (χ1n) is 9.46. The second kappa shape index (κ2) is 8.79. The van der Waals surface area contributed by atoms with Crippen LogP contribution in [0.5, 0.6) is 5.75 Å². The van der Waals surface area contributed by atoms with E-state index in [2.05, 4.69) is 15.3 Å². The first-order valence-corrected chi connectivity index (χ1v) is 10.6. The molecule has 0 saturated heterocycles. The average Bonchev–Trinajstić information content (AvgIpc) is 3.21. The molecular weight excluding hydrogens is 457 g/mol. The number of fused-ring (bicyclic) bond motifs is 1. The highest BCUT2D eigenvalue weighted by Crippen LogP contribution is 2.42. The lowest BCUT2D eigenvalue weighted by atomic mass is 10.1. The van der Waals surface area contributed by atoms with E-state index in [0.717, 1.165) is 22.4 Å². The van der Waals surface area contributed by atoms with E-state index < -0.39 is 0 Å². The van der Waals surface area contributed by atoms with Crippen LogP contribution in [0.4, 0.5) is 5.69 Å². The van der Waals surface area contributed by atoms with E-state index in [1.54, 1.807) is 26.0 Å². The number of aromatic amines is 1. The largest absolute Gasteiger partial charge is 0.481 e. The molecule has 0 aliphatic carbocycles. The molecule has 0 unspecified atom stereocenters. The van der Waals surface area contributed by atoms with Crippen LogP contribution in [0, 0.1) is 13.8 Å². The third-order valence-electron chi connectivity index (χ3n) is 4.89. The highest BCUT2D eigenvalue weighted by molar-refractivity contribution is 6.42. The van der Waals surface area contributed by atoms with Gasteiger partial charge in [-0.25, -0.2) is 4.98 Å². The lowest BCUT2D eigenvalue weighted by Gasteiger charge is -2.15. The number of aromatic nitrogens is 2. The first-order chi connectivity index (χ1) is 14.8. The van der Waals surface area contributed by atoms with Crippen molar-refractivity contribution in [1.29, 1.82) is 0 Å². The maximum Gasteiger partial charge on any atom is 0.262 e. The van der Waals surface area contributed by atoms with Crippen molar-refractivity contribution in [2.24, 2.45) is 0 Å². The van der Waals surface area contributed by atoms with Crippen molar-refractivity contribution >= 4 is 57.4 Å². The Morgan fingerprint density at radius 2 is 1.61 bits per heavy atom. The molecule has 0 fully saturated rings.